The number of nitrogens with zero attached hydrogens (tertiary/aromatic N) is 1. The summed E-state index contributed by atoms with van der Waals surface area (Å²) in [5, 5.41) is 2.97. The Kier molecular flexibility index (Phi) is 6.76. The van der Waals surface area contributed by atoms with Gasteiger partial charge in [-0.2, -0.15) is 0 Å². The van der Waals surface area contributed by atoms with Crippen molar-refractivity contribution in [3.05, 3.63) is 0 Å². The molecule has 1 unspecified atom stereocenters. The summed E-state index contributed by atoms with van der Waals surface area (Å²) in [4.78, 5) is 11.6. The van der Waals surface area contributed by atoms with Crippen LogP contribution in [0.5, 0.6) is 0 Å². The van der Waals surface area contributed by atoms with Gasteiger partial charge < -0.3 is 5.32 Å². The van der Waals surface area contributed by atoms with Crippen LogP contribution in [0.1, 0.15) is 39.5 Å². The molecule has 1 atom stereocenters. The van der Waals surface area contributed by atoms with Gasteiger partial charge in [-0.05, 0) is 25.7 Å². The van der Waals surface area contributed by atoms with Gasteiger partial charge in [0.1, 0.15) is 0 Å². The number of alkyl halides is 1. The van der Waals surface area contributed by atoms with E-state index in [9.17, 15) is 13.2 Å². The Morgan fingerprint density at radius 3 is 2.42 bits per heavy atom. The summed E-state index contributed by atoms with van der Waals surface area (Å²) in [6.07, 6.45) is 2.77. The Bertz CT molecular complexity index is 392. The minimum absolute atomic E-state index is 0.00244. The van der Waals surface area contributed by atoms with Crippen molar-refractivity contribution in [3.63, 3.8) is 0 Å². The average molecular weight is 355 g/mol. The third-order valence-corrected chi connectivity index (χ3v) is 6.44. The van der Waals surface area contributed by atoms with E-state index in [0.29, 0.717) is 32.4 Å². The molecule has 0 aromatic carbocycles. The van der Waals surface area contributed by atoms with Crippen LogP contribution < -0.4 is 5.32 Å². The van der Waals surface area contributed by atoms with E-state index in [2.05, 4.69) is 21.2 Å². The van der Waals surface area contributed by atoms with E-state index in [1.165, 1.54) is 0 Å². The summed E-state index contributed by atoms with van der Waals surface area (Å²) >= 11 is 3.31. The lowest BCUT2D eigenvalue weighted by molar-refractivity contribution is -0.121. The van der Waals surface area contributed by atoms with E-state index in [1.807, 2.05) is 13.8 Å². The van der Waals surface area contributed by atoms with Gasteiger partial charge in [0.25, 0.3) is 0 Å². The maximum absolute atomic E-state index is 11.9. The Labute approximate surface area is 124 Å². The molecule has 0 spiro atoms. The molecule has 1 saturated heterocycles. The molecule has 1 rings (SSSR count). The highest BCUT2D eigenvalue weighted by Gasteiger charge is 2.28. The van der Waals surface area contributed by atoms with E-state index in [4.69, 9.17) is 0 Å². The van der Waals surface area contributed by atoms with Gasteiger partial charge in [0.05, 0.1) is 10.6 Å². The van der Waals surface area contributed by atoms with Crippen molar-refractivity contribution in [2.75, 3.05) is 18.8 Å². The molecule has 0 saturated carbocycles. The topological polar surface area (TPSA) is 66.5 Å². The second-order valence-corrected chi connectivity index (χ2v) is 8.07. The first-order chi connectivity index (χ1) is 8.90. The summed E-state index contributed by atoms with van der Waals surface area (Å²) in [5.41, 5.74) is 0. The van der Waals surface area contributed by atoms with Crippen molar-refractivity contribution in [2.45, 2.75) is 50.4 Å². The van der Waals surface area contributed by atoms with Gasteiger partial charge in [0.2, 0.25) is 15.9 Å². The average Bonchev–Trinajstić information content (AvgIpc) is 2.38. The largest absolute Gasteiger partial charge is 0.352 e. The normalized spacial score (nSPS) is 20.2. The number of amides is 1. The molecule has 1 aliphatic rings. The van der Waals surface area contributed by atoms with Crippen LogP contribution in [0.25, 0.3) is 0 Å². The van der Waals surface area contributed by atoms with Gasteiger partial charge in [-0.3, -0.25) is 4.79 Å². The maximum atomic E-state index is 11.9. The lowest BCUT2D eigenvalue weighted by Crippen LogP contribution is -2.48. The van der Waals surface area contributed by atoms with Gasteiger partial charge in [-0.15, -0.1) is 0 Å². The summed E-state index contributed by atoms with van der Waals surface area (Å²) in [6.45, 7) is 4.82. The van der Waals surface area contributed by atoms with Crippen LogP contribution in [0, 0.1) is 0 Å². The highest BCUT2D eigenvalue weighted by molar-refractivity contribution is 9.10. The number of carbonyl (C=O) groups is 1. The molecule has 1 fully saturated rings. The first kappa shape index (κ1) is 16.9. The number of hydrogen-bond acceptors (Lipinski definition) is 3. The van der Waals surface area contributed by atoms with Crippen LogP contribution in [0.15, 0.2) is 0 Å². The van der Waals surface area contributed by atoms with E-state index in [-0.39, 0.29) is 22.5 Å². The molecule has 0 radical (unpaired) electrons. The zero-order chi connectivity index (χ0) is 14.5. The van der Waals surface area contributed by atoms with Crippen LogP contribution in [0.3, 0.4) is 0 Å². The molecule has 7 heteroatoms. The lowest BCUT2D eigenvalue weighted by atomic mass is 10.1. The summed E-state index contributed by atoms with van der Waals surface area (Å²) in [6, 6.07) is 0.0900. The second kappa shape index (κ2) is 7.59. The van der Waals surface area contributed by atoms with Crippen LogP contribution in [-0.4, -0.2) is 48.3 Å². The van der Waals surface area contributed by atoms with Crippen molar-refractivity contribution in [1.82, 2.24) is 9.62 Å². The predicted molar refractivity (Wildman–Crippen MR) is 79.8 cm³/mol. The molecular formula is C12H23BrN2O3S. The molecule has 1 aliphatic heterocycles. The minimum atomic E-state index is -3.09. The monoisotopic (exact) mass is 354 g/mol. The van der Waals surface area contributed by atoms with Gasteiger partial charge in [-0.25, -0.2) is 12.7 Å². The molecule has 0 bridgehead atoms. The van der Waals surface area contributed by atoms with Crippen LogP contribution in [-0.2, 0) is 14.8 Å². The third kappa shape index (κ3) is 5.04. The zero-order valence-corrected chi connectivity index (χ0v) is 14.0. The number of nitrogens with one attached hydrogen (secondary N) is 1. The van der Waals surface area contributed by atoms with Gasteiger partial charge >= 0.3 is 0 Å². The first-order valence-electron chi connectivity index (χ1n) is 6.83. The first-order valence-corrected chi connectivity index (χ1v) is 9.35. The number of sulfonamides is 1. The number of hydrogen-bond donors (Lipinski definition) is 1. The molecule has 19 heavy (non-hydrogen) atoms. The molecule has 112 valence electrons. The maximum Gasteiger partial charge on any atom is 0.233 e. The molecule has 1 amide bonds. The molecule has 0 aromatic heterocycles. The van der Waals surface area contributed by atoms with Crippen LogP contribution in [0.2, 0.25) is 0 Å². The fourth-order valence-electron chi connectivity index (χ4n) is 2.14. The van der Waals surface area contributed by atoms with E-state index < -0.39 is 10.0 Å². The smallest absolute Gasteiger partial charge is 0.233 e. The Balaban J connectivity index is 2.43. The Morgan fingerprint density at radius 2 is 1.95 bits per heavy atom. The molecule has 0 aliphatic carbocycles. The van der Waals surface area contributed by atoms with Gasteiger partial charge in [-0.1, -0.05) is 29.8 Å². The van der Waals surface area contributed by atoms with Crippen molar-refractivity contribution in [2.24, 2.45) is 0 Å². The van der Waals surface area contributed by atoms with E-state index >= 15 is 0 Å². The number of halogens is 1. The molecule has 0 aromatic rings. The summed E-state index contributed by atoms with van der Waals surface area (Å²) in [5.74, 6) is 0.209. The summed E-state index contributed by atoms with van der Waals surface area (Å²) < 4.78 is 25.3. The Hall–Kier alpha value is -0.140. The second-order valence-electron chi connectivity index (χ2n) is 4.87. The third-order valence-electron chi connectivity index (χ3n) is 3.30. The summed E-state index contributed by atoms with van der Waals surface area (Å²) in [7, 11) is -3.09. The van der Waals surface area contributed by atoms with Crippen LogP contribution >= 0.6 is 15.9 Å². The molecular weight excluding hydrogens is 332 g/mol. The van der Waals surface area contributed by atoms with Crippen molar-refractivity contribution in [3.8, 4) is 0 Å². The quantitative estimate of drug-likeness (QED) is 0.734. The Morgan fingerprint density at radius 1 is 1.37 bits per heavy atom. The fourth-order valence-corrected chi connectivity index (χ4v) is 3.82. The highest BCUT2D eigenvalue weighted by Crippen LogP contribution is 2.16. The molecule has 1 heterocycles. The van der Waals surface area contributed by atoms with Crippen molar-refractivity contribution < 1.29 is 13.2 Å². The van der Waals surface area contributed by atoms with Gasteiger partial charge in [0, 0.05) is 19.1 Å². The van der Waals surface area contributed by atoms with E-state index in [1.54, 1.807) is 4.31 Å². The van der Waals surface area contributed by atoms with Crippen molar-refractivity contribution in [1.29, 1.82) is 0 Å². The predicted octanol–water partition coefficient (Wildman–Crippen LogP) is 1.48. The van der Waals surface area contributed by atoms with Crippen LogP contribution in [0.4, 0.5) is 0 Å². The van der Waals surface area contributed by atoms with E-state index in [0.717, 1.165) is 6.42 Å². The SMILES string of the molecule is CCCS(=O)(=O)N1CCC(NC(=O)C(Br)CC)CC1. The lowest BCUT2D eigenvalue weighted by Gasteiger charge is -2.31. The zero-order valence-electron chi connectivity index (χ0n) is 11.6. The number of piperidine rings is 1. The standard InChI is InChI=1S/C12H23BrN2O3S/c1-3-9-19(17,18)15-7-5-10(6-8-15)14-12(16)11(13)4-2/h10-11H,3-9H2,1-2H3,(H,14,16). The minimum Gasteiger partial charge on any atom is -0.352 e. The fraction of sp³-hybridized carbons (Fsp3) is 0.917. The highest BCUT2D eigenvalue weighted by atomic mass is 79.9. The van der Waals surface area contributed by atoms with Gasteiger partial charge in [0.15, 0.2) is 0 Å². The number of carbonyl (C=O) groups excluding carboxylic acids is 1. The number of rotatable bonds is 6. The molecule has 1 N–H and O–H groups in total. The van der Waals surface area contributed by atoms with Crippen molar-refractivity contribution >= 4 is 31.9 Å². The molecule has 5 nitrogen and oxygen atoms in total.